The predicted octanol–water partition coefficient (Wildman–Crippen LogP) is 5.37. The van der Waals surface area contributed by atoms with Crippen LogP contribution >= 0.6 is 0 Å². The summed E-state index contributed by atoms with van der Waals surface area (Å²) < 4.78 is 58.3. The summed E-state index contributed by atoms with van der Waals surface area (Å²) in [5.41, 5.74) is -0.320. The van der Waals surface area contributed by atoms with Crippen LogP contribution in [0.4, 0.5) is 14.5 Å². The van der Waals surface area contributed by atoms with Crippen molar-refractivity contribution in [3.8, 4) is 11.5 Å². The van der Waals surface area contributed by atoms with Gasteiger partial charge in [0.15, 0.2) is 29.1 Å². The van der Waals surface area contributed by atoms with Gasteiger partial charge in [-0.1, -0.05) is 47.1 Å². The largest absolute Gasteiger partial charge is 0.494 e. The molecule has 6 rings (SSSR count). The van der Waals surface area contributed by atoms with Crippen LogP contribution in [0.25, 0.3) is 0 Å². The summed E-state index contributed by atoms with van der Waals surface area (Å²) in [7, 11) is 1.42. The molecule has 5 aliphatic rings. The molecule has 1 aliphatic heterocycles. The number of carbonyl (C=O) groups is 4. The number of hydrogen-bond acceptors (Lipinski definition) is 10. The standard InChI is InChI=1S/C41H54F2N2O9/c1-8-9-35-53-34-18-25-26-17-28(42)27-15-23(46)12-13-38(27,5)40(26,43)32(48)19-39(25,6)41(34,54-35)33(49)20-52-24-10-11-29(31(16-24)51-7)45-37(50)22(4)14-30(47)36(44)21(2)3/h10-13,15-16,21-22,25-26,28,32,34-36,48H,8-9,14,17-20,44H2,1-7H3,(H,45,50)/t22-,25+,26+,28+,32+,34-,35?,36+,38+,39+,40+,41-/m1/s1. The molecule has 1 heterocycles. The second-order valence-corrected chi connectivity index (χ2v) is 16.7. The van der Waals surface area contributed by atoms with Crippen LogP contribution in [-0.4, -0.2) is 84.1 Å². The van der Waals surface area contributed by atoms with Crippen molar-refractivity contribution < 1.29 is 52.0 Å². The molecule has 13 heteroatoms. The van der Waals surface area contributed by atoms with Gasteiger partial charge in [0.05, 0.1) is 31.0 Å². The summed E-state index contributed by atoms with van der Waals surface area (Å²) >= 11 is 0. The summed E-state index contributed by atoms with van der Waals surface area (Å²) in [4.78, 5) is 52.3. The zero-order valence-electron chi connectivity index (χ0n) is 32.2. The van der Waals surface area contributed by atoms with E-state index in [1.165, 1.54) is 32.3 Å². The van der Waals surface area contributed by atoms with Crippen molar-refractivity contribution in [2.24, 2.45) is 40.2 Å². The number of alkyl halides is 2. The van der Waals surface area contributed by atoms with Gasteiger partial charge in [-0.3, -0.25) is 19.2 Å². The van der Waals surface area contributed by atoms with Crippen LogP contribution in [0.2, 0.25) is 0 Å². The Morgan fingerprint density at radius 3 is 2.54 bits per heavy atom. The number of allylic oxidation sites excluding steroid dienone is 4. The van der Waals surface area contributed by atoms with Crippen molar-refractivity contribution in [2.45, 2.75) is 122 Å². The zero-order chi connectivity index (χ0) is 39.5. The number of benzene rings is 1. The Kier molecular flexibility index (Phi) is 10.8. The molecule has 12 atom stereocenters. The van der Waals surface area contributed by atoms with Crippen molar-refractivity contribution in [1.29, 1.82) is 0 Å². The van der Waals surface area contributed by atoms with Crippen LogP contribution < -0.4 is 20.5 Å². The molecule has 1 amide bonds. The van der Waals surface area contributed by atoms with Gasteiger partial charge in [0.1, 0.15) is 24.3 Å². The van der Waals surface area contributed by atoms with Gasteiger partial charge in [0.2, 0.25) is 11.7 Å². The van der Waals surface area contributed by atoms with Gasteiger partial charge in [-0.05, 0) is 74.3 Å². The molecular formula is C41H54F2N2O9. The second kappa shape index (κ2) is 14.5. The molecule has 3 saturated carbocycles. The smallest absolute Gasteiger partial charge is 0.227 e. The molecule has 1 aromatic rings. The molecule has 0 aromatic heterocycles. The van der Waals surface area contributed by atoms with Gasteiger partial charge in [-0.2, -0.15) is 0 Å². The topological polar surface area (TPSA) is 163 Å². The lowest BCUT2D eigenvalue weighted by Crippen LogP contribution is -2.71. The van der Waals surface area contributed by atoms with E-state index in [9.17, 15) is 24.3 Å². The number of methoxy groups -OCH3 is 1. The number of hydrogen-bond donors (Lipinski definition) is 3. The van der Waals surface area contributed by atoms with Crippen LogP contribution in [-0.2, 0) is 28.7 Å². The van der Waals surface area contributed by atoms with Crippen LogP contribution in [0, 0.1) is 34.5 Å². The Bertz CT molecular complexity index is 1750. The van der Waals surface area contributed by atoms with Crippen LogP contribution in [0.3, 0.4) is 0 Å². The third kappa shape index (κ3) is 6.13. The summed E-state index contributed by atoms with van der Waals surface area (Å²) in [6.45, 7) is 10.2. The van der Waals surface area contributed by atoms with Crippen molar-refractivity contribution in [3.63, 3.8) is 0 Å². The van der Waals surface area contributed by atoms with E-state index in [0.717, 1.165) is 6.08 Å². The molecular weight excluding hydrogens is 702 g/mol. The average Bonchev–Trinajstić information content (AvgIpc) is 3.61. The first-order chi connectivity index (χ1) is 25.4. The first kappa shape index (κ1) is 40.2. The van der Waals surface area contributed by atoms with Gasteiger partial charge < -0.3 is 35.1 Å². The van der Waals surface area contributed by atoms with Crippen molar-refractivity contribution in [3.05, 3.63) is 42.0 Å². The van der Waals surface area contributed by atoms with E-state index in [2.05, 4.69) is 5.32 Å². The number of carbonyl (C=O) groups excluding carboxylic acids is 4. The maximum atomic E-state index is 17.8. The molecule has 0 bridgehead atoms. The van der Waals surface area contributed by atoms with Gasteiger partial charge in [-0.25, -0.2) is 8.78 Å². The number of amides is 1. The Hall–Kier alpha value is -3.52. The van der Waals surface area contributed by atoms with E-state index < -0.39 is 94.6 Å². The number of anilines is 1. The second-order valence-electron chi connectivity index (χ2n) is 16.7. The van der Waals surface area contributed by atoms with Crippen LogP contribution in [0.15, 0.2) is 42.0 Å². The molecule has 4 N–H and O–H groups in total. The minimum atomic E-state index is -2.31. The number of ketones is 3. The van der Waals surface area contributed by atoms with E-state index in [0.29, 0.717) is 18.5 Å². The minimum absolute atomic E-state index is 0.0157. The molecule has 4 fully saturated rings. The Morgan fingerprint density at radius 2 is 1.87 bits per heavy atom. The molecule has 296 valence electrons. The maximum Gasteiger partial charge on any atom is 0.227 e. The minimum Gasteiger partial charge on any atom is -0.494 e. The predicted molar refractivity (Wildman–Crippen MR) is 195 cm³/mol. The monoisotopic (exact) mass is 756 g/mol. The van der Waals surface area contributed by atoms with Crippen LogP contribution in [0.5, 0.6) is 11.5 Å². The van der Waals surface area contributed by atoms with E-state index in [-0.39, 0.29) is 54.5 Å². The number of Topliss-reactive ketones (excluding diaryl/α,β-unsaturated/α-hetero) is 2. The summed E-state index contributed by atoms with van der Waals surface area (Å²) in [5.74, 6) is -3.27. The van der Waals surface area contributed by atoms with Gasteiger partial charge in [0, 0.05) is 35.2 Å². The third-order valence-corrected chi connectivity index (χ3v) is 13.2. The quantitative estimate of drug-likeness (QED) is 0.239. The Balaban J connectivity index is 1.23. The third-order valence-electron chi connectivity index (χ3n) is 13.2. The lowest BCUT2D eigenvalue weighted by Gasteiger charge is -2.63. The SMILES string of the molecule is CCCC1O[C@@H]2C[C@H]3[C@@H]4C[C@H](F)C5=CC(=O)C=C[C@]5(C)[C@@]4(F)[C@@H](O)C[C@]3(C)[C@]2(C(=O)COc2ccc(NC(=O)[C@H](C)CC(=O)[C@@H](N)C(C)C)c(OC)c2)O1. The van der Waals surface area contributed by atoms with Crippen molar-refractivity contribution >= 4 is 28.9 Å². The number of halogens is 2. The molecule has 54 heavy (non-hydrogen) atoms. The Morgan fingerprint density at radius 1 is 1.15 bits per heavy atom. The zero-order valence-corrected chi connectivity index (χ0v) is 32.2. The fraction of sp³-hybridized carbons (Fsp3) is 0.659. The molecule has 1 saturated heterocycles. The maximum absolute atomic E-state index is 17.8. The average molecular weight is 757 g/mol. The lowest BCUT2D eigenvalue weighted by molar-refractivity contribution is -0.234. The fourth-order valence-electron chi connectivity index (χ4n) is 10.2. The fourth-order valence-corrected chi connectivity index (χ4v) is 10.2. The molecule has 1 aromatic carbocycles. The van der Waals surface area contributed by atoms with E-state index >= 15 is 8.78 Å². The highest BCUT2D eigenvalue weighted by Crippen LogP contribution is 2.72. The summed E-state index contributed by atoms with van der Waals surface area (Å²) in [6.07, 6.45) is 0.0378. The van der Waals surface area contributed by atoms with Crippen molar-refractivity contribution in [1.82, 2.24) is 0 Å². The summed E-state index contributed by atoms with van der Waals surface area (Å²) in [6, 6.07) is 3.99. The number of ether oxygens (including phenoxy) is 4. The first-order valence-electron chi connectivity index (χ1n) is 19.1. The van der Waals surface area contributed by atoms with E-state index in [1.54, 1.807) is 19.1 Å². The van der Waals surface area contributed by atoms with Gasteiger partial charge >= 0.3 is 0 Å². The first-order valence-corrected chi connectivity index (χ1v) is 19.1. The highest BCUT2D eigenvalue weighted by Gasteiger charge is 2.80. The normalized spacial score (nSPS) is 37.7. The summed E-state index contributed by atoms with van der Waals surface area (Å²) in [5, 5.41) is 14.6. The van der Waals surface area contributed by atoms with E-state index in [1.807, 2.05) is 27.7 Å². The van der Waals surface area contributed by atoms with Gasteiger partial charge in [-0.15, -0.1) is 0 Å². The number of rotatable bonds is 13. The number of nitrogens with one attached hydrogen (secondary N) is 1. The van der Waals surface area contributed by atoms with E-state index in [4.69, 9.17) is 24.7 Å². The highest BCUT2D eigenvalue weighted by molar-refractivity contribution is 6.01. The molecule has 0 spiro atoms. The van der Waals surface area contributed by atoms with Gasteiger partial charge in [0.25, 0.3) is 0 Å². The Labute approximate surface area is 315 Å². The molecule has 1 unspecified atom stereocenters. The number of aliphatic hydroxyl groups is 1. The number of fused-ring (bicyclic) bond motifs is 7. The molecule has 4 aliphatic carbocycles. The molecule has 11 nitrogen and oxygen atoms in total. The lowest BCUT2D eigenvalue weighted by atomic mass is 9.44. The number of aliphatic hydroxyl groups excluding tert-OH is 1. The molecule has 0 radical (unpaired) electrons. The highest BCUT2D eigenvalue weighted by atomic mass is 19.1. The van der Waals surface area contributed by atoms with Crippen LogP contribution in [0.1, 0.15) is 80.1 Å². The van der Waals surface area contributed by atoms with Crippen molar-refractivity contribution in [2.75, 3.05) is 19.0 Å². The number of nitrogens with two attached hydrogens (primary N) is 1.